The Bertz CT molecular complexity index is 373. The number of hydrogen-bond acceptors (Lipinski definition) is 3. The molecule has 0 bridgehead atoms. The van der Waals surface area contributed by atoms with Gasteiger partial charge in [-0.15, -0.1) is 0 Å². The molecule has 1 heterocycles. The third kappa shape index (κ3) is 5.21. The largest absolute Gasteiger partial charge is 0.508 e. The van der Waals surface area contributed by atoms with Crippen molar-refractivity contribution in [1.82, 2.24) is 5.32 Å². The quantitative estimate of drug-likeness (QED) is 0.863. The maximum Gasteiger partial charge on any atom is 0.119 e. The molecule has 3 heteroatoms. The highest BCUT2D eigenvalue weighted by Gasteiger charge is 2.06. The van der Waals surface area contributed by atoms with Gasteiger partial charge in [-0.3, -0.25) is 0 Å². The van der Waals surface area contributed by atoms with Crippen LogP contribution in [0.15, 0.2) is 12.1 Å². The van der Waals surface area contributed by atoms with E-state index in [-0.39, 0.29) is 0 Å². The number of morpholine rings is 1. The number of nitrogens with one attached hydrogen (secondary N) is 1. The van der Waals surface area contributed by atoms with Gasteiger partial charge in [-0.25, -0.2) is 0 Å². The minimum atomic E-state index is 0.433. The molecule has 0 aromatic heterocycles. The van der Waals surface area contributed by atoms with Crippen LogP contribution in [0.1, 0.15) is 43.4 Å². The number of aryl methyl sites for hydroxylation is 1. The van der Waals surface area contributed by atoms with Crippen LogP contribution >= 0.6 is 0 Å². The minimum Gasteiger partial charge on any atom is -0.508 e. The van der Waals surface area contributed by atoms with Crippen LogP contribution < -0.4 is 5.32 Å². The molecule has 1 fully saturated rings. The van der Waals surface area contributed by atoms with Crippen LogP contribution in [-0.4, -0.2) is 31.4 Å². The second-order valence-electron chi connectivity index (χ2n) is 5.19. The summed E-state index contributed by atoms with van der Waals surface area (Å²) < 4.78 is 5.01. The Balaban J connectivity index is 0.000000250. The average Bonchev–Trinajstić information content (AvgIpc) is 2.44. The zero-order chi connectivity index (χ0) is 14.3. The normalized spacial score (nSPS) is 15.0. The van der Waals surface area contributed by atoms with E-state index >= 15 is 0 Å². The van der Waals surface area contributed by atoms with Crippen molar-refractivity contribution in [1.29, 1.82) is 0 Å². The van der Waals surface area contributed by atoms with Crippen molar-refractivity contribution < 1.29 is 9.84 Å². The molecular weight excluding hydrogens is 238 g/mol. The zero-order valence-electron chi connectivity index (χ0n) is 12.6. The van der Waals surface area contributed by atoms with Crippen molar-refractivity contribution >= 4 is 0 Å². The molecule has 0 amide bonds. The van der Waals surface area contributed by atoms with Gasteiger partial charge in [0.15, 0.2) is 0 Å². The first-order valence-corrected chi connectivity index (χ1v) is 7.17. The molecule has 0 atom stereocenters. The molecule has 1 saturated heterocycles. The highest BCUT2D eigenvalue weighted by molar-refractivity contribution is 5.43. The number of rotatable bonds is 2. The summed E-state index contributed by atoms with van der Waals surface area (Å²) in [6.45, 7) is 12.2. The van der Waals surface area contributed by atoms with Gasteiger partial charge in [-0.05, 0) is 42.0 Å². The van der Waals surface area contributed by atoms with E-state index in [2.05, 4.69) is 32.2 Å². The van der Waals surface area contributed by atoms with Gasteiger partial charge >= 0.3 is 0 Å². The number of phenols is 1. The lowest BCUT2D eigenvalue weighted by atomic mass is 9.96. The molecule has 108 valence electrons. The maximum absolute atomic E-state index is 9.66. The van der Waals surface area contributed by atoms with Gasteiger partial charge in [0.2, 0.25) is 0 Å². The van der Waals surface area contributed by atoms with Gasteiger partial charge < -0.3 is 15.2 Å². The van der Waals surface area contributed by atoms with Crippen LogP contribution in [0.4, 0.5) is 0 Å². The van der Waals surface area contributed by atoms with E-state index in [9.17, 15) is 5.11 Å². The molecule has 1 aliphatic heterocycles. The lowest BCUT2D eigenvalue weighted by molar-refractivity contribution is 0.109. The second kappa shape index (κ2) is 8.18. The van der Waals surface area contributed by atoms with Crippen molar-refractivity contribution in [2.75, 3.05) is 26.3 Å². The van der Waals surface area contributed by atoms with Crippen LogP contribution in [0.5, 0.6) is 5.75 Å². The van der Waals surface area contributed by atoms with Crippen molar-refractivity contribution in [3.63, 3.8) is 0 Å². The van der Waals surface area contributed by atoms with Crippen molar-refractivity contribution in [3.8, 4) is 5.75 Å². The Morgan fingerprint density at radius 2 is 1.89 bits per heavy atom. The van der Waals surface area contributed by atoms with Crippen LogP contribution in [0, 0.1) is 6.92 Å². The Hall–Kier alpha value is -1.06. The Labute approximate surface area is 117 Å². The number of benzene rings is 1. The predicted molar refractivity (Wildman–Crippen MR) is 80.0 cm³/mol. The molecule has 19 heavy (non-hydrogen) atoms. The molecule has 2 rings (SSSR count). The lowest BCUT2D eigenvalue weighted by Gasteiger charge is -2.11. The van der Waals surface area contributed by atoms with Crippen LogP contribution in [0.2, 0.25) is 0 Å². The van der Waals surface area contributed by atoms with Crippen LogP contribution in [-0.2, 0) is 11.2 Å². The molecule has 0 aliphatic carbocycles. The van der Waals surface area contributed by atoms with Crippen LogP contribution in [0.25, 0.3) is 0 Å². The third-order valence-corrected chi connectivity index (χ3v) is 3.40. The van der Waals surface area contributed by atoms with Crippen molar-refractivity contribution in [3.05, 3.63) is 28.8 Å². The monoisotopic (exact) mass is 265 g/mol. The highest BCUT2D eigenvalue weighted by Crippen LogP contribution is 2.26. The molecule has 1 aromatic carbocycles. The van der Waals surface area contributed by atoms with E-state index in [1.54, 1.807) is 0 Å². The summed E-state index contributed by atoms with van der Waals surface area (Å²) in [5.41, 5.74) is 3.50. The number of ether oxygens (including phenoxy) is 1. The zero-order valence-corrected chi connectivity index (χ0v) is 12.6. The molecule has 1 aromatic rings. The first-order valence-electron chi connectivity index (χ1n) is 7.17. The summed E-state index contributed by atoms with van der Waals surface area (Å²) in [7, 11) is 0. The van der Waals surface area contributed by atoms with Gasteiger partial charge in [-0.1, -0.05) is 26.8 Å². The number of phenolic OH excluding ortho intramolecular Hbond substituents is 1. The van der Waals surface area contributed by atoms with E-state index in [0.717, 1.165) is 38.3 Å². The Morgan fingerprint density at radius 1 is 1.26 bits per heavy atom. The number of hydrogen-bond donors (Lipinski definition) is 2. The molecule has 0 radical (unpaired) electrons. The number of aromatic hydroxyl groups is 1. The van der Waals surface area contributed by atoms with E-state index in [1.165, 1.54) is 11.1 Å². The average molecular weight is 265 g/mol. The van der Waals surface area contributed by atoms with Gasteiger partial charge in [0, 0.05) is 13.1 Å². The van der Waals surface area contributed by atoms with Gasteiger partial charge in [0.1, 0.15) is 5.75 Å². The predicted octanol–water partition coefficient (Wildman–Crippen LogP) is 2.99. The fourth-order valence-electron chi connectivity index (χ4n) is 2.00. The minimum absolute atomic E-state index is 0.433. The molecule has 0 saturated carbocycles. The summed E-state index contributed by atoms with van der Waals surface area (Å²) in [5, 5.41) is 12.8. The summed E-state index contributed by atoms with van der Waals surface area (Å²) in [4.78, 5) is 0. The molecule has 0 spiro atoms. The molecule has 0 unspecified atom stereocenters. The maximum atomic E-state index is 9.66. The Kier molecular flexibility index (Phi) is 6.89. The fraction of sp³-hybridized carbons (Fsp3) is 0.625. The summed E-state index contributed by atoms with van der Waals surface area (Å²) >= 11 is 0. The van der Waals surface area contributed by atoms with Gasteiger partial charge in [0.05, 0.1) is 13.2 Å². The SMILES string of the molecule is C1COCCN1.CCc1cc(C(C)C)cc(O)c1C. The van der Waals surface area contributed by atoms with Crippen LogP contribution in [0.3, 0.4) is 0 Å². The first-order chi connectivity index (χ1) is 9.06. The van der Waals surface area contributed by atoms with Gasteiger partial charge in [0.25, 0.3) is 0 Å². The summed E-state index contributed by atoms with van der Waals surface area (Å²) in [6, 6.07) is 4.07. The summed E-state index contributed by atoms with van der Waals surface area (Å²) in [6.07, 6.45) is 0.986. The highest BCUT2D eigenvalue weighted by atomic mass is 16.5. The lowest BCUT2D eigenvalue weighted by Crippen LogP contribution is -2.30. The smallest absolute Gasteiger partial charge is 0.119 e. The van der Waals surface area contributed by atoms with E-state index < -0.39 is 0 Å². The van der Waals surface area contributed by atoms with Crippen molar-refractivity contribution in [2.24, 2.45) is 0 Å². The topological polar surface area (TPSA) is 41.5 Å². The Morgan fingerprint density at radius 3 is 2.26 bits per heavy atom. The molecule has 1 aliphatic rings. The van der Waals surface area contributed by atoms with Crippen molar-refractivity contribution in [2.45, 2.75) is 40.0 Å². The van der Waals surface area contributed by atoms with Gasteiger partial charge in [-0.2, -0.15) is 0 Å². The molecular formula is C16H27NO2. The third-order valence-electron chi connectivity index (χ3n) is 3.40. The van der Waals surface area contributed by atoms with E-state index in [4.69, 9.17) is 4.74 Å². The summed E-state index contributed by atoms with van der Waals surface area (Å²) in [5.74, 6) is 0.917. The second-order valence-corrected chi connectivity index (χ2v) is 5.19. The standard InChI is InChI=1S/C12H18O.C4H9NO/c1-5-10-6-11(8(2)3)7-12(13)9(10)4;1-3-6-4-2-5-1/h6-8,13H,5H2,1-4H3;5H,1-4H2. The molecule has 2 N–H and O–H groups in total. The molecule has 3 nitrogen and oxygen atoms in total. The van der Waals surface area contributed by atoms with E-state index in [0.29, 0.717) is 11.7 Å². The fourth-order valence-corrected chi connectivity index (χ4v) is 2.00. The first kappa shape index (κ1) is 16.0. The van der Waals surface area contributed by atoms with E-state index in [1.807, 2.05) is 13.0 Å².